The Hall–Kier alpha value is -3.87. The molecule has 7 heteroatoms. The number of nitrogens with one attached hydrogen (secondary N) is 1. The SMILES string of the molecule is C[C@@]1(c2cccc3ccccc23)NC(=O)N(CC(=O)N2CCN(c3ccccc3)CC2)C1=O. The highest BCUT2D eigenvalue weighted by Crippen LogP contribution is 2.33. The lowest BCUT2D eigenvalue weighted by Gasteiger charge is -2.36. The summed E-state index contributed by atoms with van der Waals surface area (Å²) in [6.45, 7) is 3.98. The standard InChI is InChI=1S/C26H26N4O3/c1-26(22-13-7-9-19-8-5-6-12-21(19)22)24(32)30(25(33)27-26)18-23(31)29-16-14-28(15-17-29)20-10-3-2-4-11-20/h2-13H,14-18H2,1H3,(H,27,33)/t26-/m0/s1. The number of fused-ring (bicyclic) bond motifs is 1. The van der Waals surface area contributed by atoms with Crippen LogP contribution in [-0.4, -0.2) is 60.4 Å². The minimum Gasteiger partial charge on any atom is -0.368 e. The number of anilines is 1. The maximum Gasteiger partial charge on any atom is 0.325 e. The van der Waals surface area contributed by atoms with Gasteiger partial charge in [-0.25, -0.2) is 4.79 Å². The highest BCUT2D eigenvalue weighted by Gasteiger charge is 2.50. The lowest BCUT2D eigenvalue weighted by Crippen LogP contribution is -2.52. The lowest BCUT2D eigenvalue weighted by molar-refractivity contribution is -0.139. The summed E-state index contributed by atoms with van der Waals surface area (Å²) in [4.78, 5) is 44.2. The Balaban J connectivity index is 1.29. The normalized spacial score (nSPS) is 20.9. The van der Waals surface area contributed by atoms with E-state index in [0.29, 0.717) is 26.2 Å². The molecule has 7 nitrogen and oxygen atoms in total. The van der Waals surface area contributed by atoms with E-state index >= 15 is 0 Å². The van der Waals surface area contributed by atoms with Crippen LogP contribution >= 0.6 is 0 Å². The van der Waals surface area contributed by atoms with Crippen molar-refractivity contribution < 1.29 is 14.4 Å². The molecule has 0 spiro atoms. The van der Waals surface area contributed by atoms with Crippen LogP contribution in [0.2, 0.25) is 0 Å². The number of piperazine rings is 1. The van der Waals surface area contributed by atoms with E-state index < -0.39 is 17.5 Å². The third kappa shape index (κ3) is 3.69. The minimum absolute atomic E-state index is 0.214. The Morgan fingerprint density at radius 3 is 2.30 bits per heavy atom. The third-order valence-electron chi connectivity index (χ3n) is 6.65. The molecule has 1 atom stereocenters. The van der Waals surface area contributed by atoms with Gasteiger partial charge in [0.25, 0.3) is 5.91 Å². The maximum absolute atomic E-state index is 13.4. The van der Waals surface area contributed by atoms with E-state index in [4.69, 9.17) is 0 Å². The summed E-state index contributed by atoms with van der Waals surface area (Å²) in [5, 5.41) is 4.73. The smallest absolute Gasteiger partial charge is 0.325 e. The summed E-state index contributed by atoms with van der Waals surface area (Å²) < 4.78 is 0. The van der Waals surface area contributed by atoms with Crippen molar-refractivity contribution in [2.24, 2.45) is 0 Å². The zero-order valence-corrected chi connectivity index (χ0v) is 18.5. The van der Waals surface area contributed by atoms with Gasteiger partial charge < -0.3 is 15.1 Å². The molecule has 2 fully saturated rings. The van der Waals surface area contributed by atoms with Gasteiger partial charge >= 0.3 is 6.03 Å². The molecule has 1 N–H and O–H groups in total. The number of rotatable bonds is 4. The second-order valence-corrected chi connectivity index (χ2v) is 8.68. The zero-order valence-electron chi connectivity index (χ0n) is 18.5. The number of nitrogens with zero attached hydrogens (tertiary/aromatic N) is 3. The van der Waals surface area contributed by atoms with Crippen molar-refractivity contribution in [3.8, 4) is 0 Å². The minimum atomic E-state index is -1.22. The van der Waals surface area contributed by atoms with Crippen LogP contribution in [0.5, 0.6) is 0 Å². The number of urea groups is 1. The summed E-state index contributed by atoms with van der Waals surface area (Å²) in [5.74, 6) is -0.617. The fraction of sp³-hybridized carbons (Fsp3) is 0.269. The third-order valence-corrected chi connectivity index (χ3v) is 6.65. The first kappa shape index (κ1) is 21.0. The molecule has 0 bridgehead atoms. The summed E-state index contributed by atoms with van der Waals surface area (Å²) in [6, 6.07) is 23.0. The van der Waals surface area contributed by atoms with Gasteiger partial charge in [-0.05, 0) is 35.4 Å². The lowest BCUT2D eigenvalue weighted by atomic mass is 9.88. The maximum atomic E-state index is 13.4. The molecule has 0 aliphatic carbocycles. The topological polar surface area (TPSA) is 73.0 Å². The van der Waals surface area contributed by atoms with E-state index in [1.807, 2.05) is 60.7 Å². The number of benzene rings is 3. The first-order valence-corrected chi connectivity index (χ1v) is 11.2. The zero-order chi connectivity index (χ0) is 23.0. The van der Waals surface area contributed by atoms with Gasteiger partial charge in [0.2, 0.25) is 5.91 Å². The molecular weight excluding hydrogens is 416 g/mol. The summed E-state index contributed by atoms with van der Waals surface area (Å²) >= 11 is 0. The van der Waals surface area contributed by atoms with Crippen LogP contribution in [0.15, 0.2) is 72.8 Å². The van der Waals surface area contributed by atoms with Crippen LogP contribution in [0, 0.1) is 0 Å². The van der Waals surface area contributed by atoms with Gasteiger partial charge in [0.15, 0.2) is 0 Å². The van der Waals surface area contributed by atoms with E-state index in [2.05, 4.69) is 22.3 Å². The molecule has 0 unspecified atom stereocenters. The molecule has 0 aromatic heterocycles. The van der Waals surface area contributed by atoms with Gasteiger partial charge in [0.1, 0.15) is 12.1 Å². The fourth-order valence-corrected chi connectivity index (χ4v) is 4.77. The van der Waals surface area contributed by atoms with Crippen LogP contribution in [0.3, 0.4) is 0 Å². The predicted octanol–water partition coefficient (Wildman–Crippen LogP) is 2.96. The largest absolute Gasteiger partial charge is 0.368 e. The monoisotopic (exact) mass is 442 g/mol. The van der Waals surface area contributed by atoms with Crippen LogP contribution < -0.4 is 10.2 Å². The molecule has 2 aliphatic heterocycles. The van der Waals surface area contributed by atoms with Gasteiger partial charge in [0.05, 0.1) is 0 Å². The number of carbonyl (C=O) groups is 3. The molecular formula is C26H26N4O3. The highest BCUT2D eigenvalue weighted by atomic mass is 16.2. The Morgan fingerprint density at radius 2 is 1.55 bits per heavy atom. The Kier molecular flexibility index (Phi) is 5.24. The average molecular weight is 443 g/mol. The highest BCUT2D eigenvalue weighted by molar-refractivity contribution is 6.10. The van der Waals surface area contributed by atoms with Crippen LogP contribution in [-0.2, 0) is 15.1 Å². The second-order valence-electron chi connectivity index (χ2n) is 8.68. The fourth-order valence-electron chi connectivity index (χ4n) is 4.77. The van der Waals surface area contributed by atoms with Crippen LogP contribution in [0.1, 0.15) is 12.5 Å². The van der Waals surface area contributed by atoms with Gasteiger partial charge in [-0.15, -0.1) is 0 Å². The van der Waals surface area contributed by atoms with E-state index in [9.17, 15) is 14.4 Å². The van der Waals surface area contributed by atoms with Crippen molar-refractivity contribution in [3.63, 3.8) is 0 Å². The molecule has 0 radical (unpaired) electrons. The van der Waals surface area contributed by atoms with Gasteiger partial charge in [-0.1, -0.05) is 60.7 Å². The van der Waals surface area contributed by atoms with Crippen molar-refractivity contribution in [1.29, 1.82) is 0 Å². The van der Waals surface area contributed by atoms with E-state index in [1.54, 1.807) is 11.8 Å². The Labute approximate surface area is 192 Å². The summed E-state index contributed by atoms with van der Waals surface area (Å²) in [5.41, 5.74) is 0.638. The number of para-hydroxylation sites is 1. The first-order chi connectivity index (χ1) is 16.0. The van der Waals surface area contributed by atoms with E-state index in [-0.39, 0.29) is 12.5 Å². The number of hydrogen-bond donors (Lipinski definition) is 1. The molecule has 33 heavy (non-hydrogen) atoms. The molecule has 3 aromatic carbocycles. The molecule has 168 valence electrons. The summed E-state index contributed by atoms with van der Waals surface area (Å²) in [6.07, 6.45) is 0. The number of carbonyl (C=O) groups excluding carboxylic acids is 3. The van der Waals surface area contributed by atoms with E-state index in [1.165, 1.54) is 0 Å². The van der Waals surface area contributed by atoms with Crippen molar-refractivity contribution in [1.82, 2.24) is 15.1 Å². The van der Waals surface area contributed by atoms with Crippen molar-refractivity contribution in [2.45, 2.75) is 12.5 Å². The molecule has 2 aliphatic rings. The quantitative estimate of drug-likeness (QED) is 0.631. The van der Waals surface area contributed by atoms with Crippen LogP contribution in [0.4, 0.5) is 10.5 Å². The Bertz CT molecular complexity index is 1220. The van der Waals surface area contributed by atoms with Gasteiger partial charge in [0, 0.05) is 31.9 Å². The molecule has 3 aromatic rings. The molecule has 4 amide bonds. The number of hydrogen-bond acceptors (Lipinski definition) is 4. The van der Waals surface area contributed by atoms with Crippen molar-refractivity contribution in [2.75, 3.05) is 37.6 Å². The van der Waals surface area contributed by atoms with Gasteiger partial charge in [-0.3, -0.25) is 14.5 Å². The van der Waals surface area contributed by atoms with E-state index in [0.717, 1.165) is 26.9 Å². The predicted molar refractivity (Wildman–Crippen MR) is 127 cm³/mol. The number of imide groups is 1. The van der Waals surface area contributed by atoms with Crippen LogP contribution in [0.25, 0.3) is 10.8 Å². The van der Waals surface area contributed by atoms with Crippen molar-refractivity contribution in [3.05, 3.63) is 78.4 Å². The molecule has 0 saturated carbocycles. The average Bonchev–Trinajstić information content (AvgIpc) is 3.08. The van der Waals surface area contributed by atoms with Gasteiger partial charge in [-0.2, -0.15) is 0 Å². The van der Waals surface area contributed by atoms with Crippen molar-refractivity contribution >= 4 is 34.3 Å². The molecule has 2 heterocycles. The molecule has 5 rings (SSSR count). The number of amides is 4. The summed E-state index contributed by atoms with van der Waals surface area (Å²) in [7, 11) is 0. The Morgan fingerprint density at radius 1 is 0.879 bits per heavy atom. The first-order valence-electron chi connectivity index (χ1n) is 11.2. The second kappa shape index (κ2) is 8.24. The molecule has 2 saturated heterocycles.